The maximum Gasteiger partial charge on any atom is 0.542 e. The lowest BCUT2D eigenvalue weighted by atomic mass is 10.3. The van der Waals surface area contributed by atoms with E-state index in [0.717, 1.165) is 6.42 Å². The van der Waals surface area contributed by atoms with Crippen LogP contribution in [-0.2, 0) is 6.42 Å². The molecule has 0 fully saturated rings. The molecule has 0 unspecified atom stereocenters. The van der Waals surface area contributed by atoms with Gasteiger partial charge in [-0.2, -0.15) is 0 Å². The lowest BCUT2D eigenvalue weighted by molar-refractivity contribution is 0.334. The molecule has 4 nitrogen and oxygen atoms in total. The fourth-order valence-electron chi connectivity index (χ4n) is 0.532. The molecule has 0 saturated carbocycles. The van der Waals surface area contributed by atoms with Crippen molar-refractivity contribution in [2.24, 2.45) is 0 Å². The third-order valence-electron chi connectivity index (χ3n) is 0.887. The quantitative estimate of drug-likeness (QED) is 0.586. The van der Waals surface area contributed by atoms with E-state index in [0.29, 0.717) is 12.3 Å². The summed E-state index contributed by atoms with van der Waals surface area (Å²) >= 11 is 0. The second-order valence-electron chi connectivity index (χ2n) is 1.68. The molecule has 0 spiro atoms. The molecular formula is C5H7NO3. The topological polar surface area (TPSA) is 56.2 Å². The molecule has 0 bridgehead atoms. The average molecular weight is 129 g/mol. The number of aryl methyl sites for hydroxylation is 1. The molecule has 0 radical (unpaired) electrons. The molecule has 0 aromatic carbocycles. The fourth-order valence-corrected chi connectivity index (χ4v) is 0.532. The zero-order chi connectivity index (χ0) is 6.69. The van der Waals surface area contributed by atoms with Crippen LogP contribution in [0.4, 0.5) is 0 Å². The predicted octanol–water partition coefficient (Wildman–Crippen LogP) is 0.580. The number of hydrogen-bond donors (Lipinski definition) is 0. The second-order valence-corrected chi connectivity index (χ2v) is 1.68. The number of rotatable bonds is 2. The molecule has 0 aliphatic rings. The summed E-state index contributed by atoms with van der Waals surface area (Å²) in [6.45, 7) is 1.97. The lowest BCUT2D eigenvalue weighted by Gasteiger charge is -1.80. The Morgan fingerprint density at radius 2 is 2.44 bits per heavy atom. The van der Waals surface area contributed by atoms with Crippen molar-refractivity contribution in [2.45, 2.75) is 19.8 Å². The zero-order valence-electron chi connectivity index (χ0n) is 5.09. The molecule has 0 amide bonds. The van der Waals surface area contributed by atoms with Gasteiger partial charge in [-0.25, -0.2) is 4.79 Å². The van der Waals surface area contributed by atoms with Crippen molar-refractivity contribution in [2.75, 3.05) is 0 Å². The highest BCUT2D eigenvalue weighted by atomic mass is 16.6. The van der Waals surface area contributed by atoms with E-state index < -0.39 is 5.82 Å². The Hall–Kier alpha value is -1.06. The second kappa shape index (κ2) is 2.48. The Morgan fingerprint density at radius 3 is 2.89 bits per heavy atom. The van der Waals surface area contributed by atoms with Crippen LogP contribution in [0.2, 0.25) is 0 Å². The maximum atomic E-state index is 10.2. The summed E-state index contributed by atoms with van der Waals surface area (Å²) in [4.78, 5) is 10.2. The Kier molecular flexibility index (Phi) is 1.67. The Balaban J connectivity index is 2.73. The normalized spacial score (nSPS) is 9.89. The summed E-state index contributed by atoms with van der Waals surface area (Å²) < 4.78 is 8.64. The molecule has 1 rings (SSSR count). The van der Waals surface area contributed by atoms with E-state index in [1.807, 2.05) is 6.92 Å². The minimum atomic E-state index is -0.724. The van der Waals surface area contributed by atoms with Gasteiger partial charge in [0.25, 0.3) is 0 Å². The first kappa shape index (κ1) is 6.07. The van der Waals surface area contributed by atoms with Crippen molar-refractivity contribution >= 4 is 0 Å². The highest BCUT2D eigenvalue weighted by molar-refractivity contribution is 4.68. The van der Waals surface area contributed by atoms with Crippen LogP contribution in [0.15, 0.2) is 13.7 Å². The molecule has 4 heteroatoms. The molecule has 0 saturated heterocycles. The summed E-state index contributed by atoms with van der Waals surface area (Å²) in [6, 6.07) is 0. The van der Waals surface area contributed by atoms with Gasteiger partial charge in [-0.05, 0) is 11.6 Å². The molecule has 0 atom stereocenters. The van der Waals surface area contributed by atoms with Crippen molar-refractivity contribution in [3.63, 3.8) is 0 Å². The van der Waals surface area contributed by atoms with Gasteiger partial charge in [0, 0.05) is 6.42 Å². The Morgan fingerprint density at radius 1 is 1.67 bits per heavy atom. The van der Waals surface area contributed by atoms with E-state index in [-0.39, 0.29) is 0 Å². The van der Waals surface area contributed by atoms with Gasteiger partial charge in [-0.15, -0.1) is 0 Å². The highest BCUT2D eigenvalue weighted by Gasteiger charge is 1.99. The van der Waals surface area contributed by atoms with Gasteiger partial charge in [0.05, 0.1) is 0 Å². The first-order valence-electron chi connectivity index (χ1n) is 2.78. The van der Waals surface area contributed by atoms with E-state index in [1.54, 1.807) is 0 Å². The zero-order valence-corrected chi connectivity index (χ0v) is 5.09. The van der Waals surface area contributed by atoms with Gasteiger partial charge >= 0.3 is 5.82 Å². The van der Waals surface area contributed by atoms with Gasteiger partial charge < -0.3 is 4.42 Å². The van der Waals surface area contributed by atoms with E-state index in [2.05, 4.69) is 14.1 Å². The van der Waals surface area contributed by atoms with Crippen LogP contribution in [-0.4, -0.2) is 5.16 Å². The summed E-state index contributed by atoms with van der Waals surface area (Å²) in [5.41, 5.74) is 0. The molecule has 1 heterocycles. The van der Waals surface area contributed by atoms with Crippen LogP contribution in [0.3, 0.4) is 0 Å². The Bertz CT molecular complexity index is 224. The van der Waals surface area contributed by atoms with Gasteiger partial charge in [-0.1, -0.05) is 6.92 Å². The number of aromatic nitrogens is 1. The summed E-state index contributed by atoms with van der Waals surface area (Å²) in [5, 5.41) is 3.35. The van der Waals surface area contributed by atoms with Gasteiger partial charge in [0.2, 0.25) is 5.89 Å². The number of hydrogen-bond acceptors (Lipinski definition) is 4. The molecule has 9 heavy (non-hydrogen) atoms. The third-order valence-corrected chi connectivity index (χ3v) is 0.887. The highest BCUT2D eigenvalue weighted by Crippen LogP contribution is 1.93. The van der Waals surface area contributed by atoms with Gasteiger partial charge in [0.1, 0.15) is 0 Å². The summed E-state index contributed by atoms with van der Waals surface area (Å²) in [7, 11) is 0. The largest absolute Gasteiger partial charge is 0.542 e. The smallest absolute Gasteiger partial charge is 0.375 e. The summed E-state index contributed by atoms with van der Waals surface area (Å²) in [6.07, 6.45) is 1.56. The van der Waals surface area contributed by atoms with Crippen molar-refractivity contribution in [3.8, 4) is 0 Å². The third kappa shape index (κ3) is 1.42. The van der Waals surface area contributed by atoms with Gasteiger partial charge in [-0.3, -0.25) is 4.52 Å². The van der Waals surface area contributed by atoms with Crippen LogP contribution in [0.1, 0.15) is 19.2 Å². The van der Waals surface area contributed by atoms with Crippen LogP contribution >= 0.6 is 0 Å². The van der Waals surface area contributed by atoms with Crippen molar-refractivity contribution in [1.82, 2.24) is 5.16 Å². The van der Waals surface area contributed by atoms with Crippen LogP contribution in [0.5, 0.6) is 0 Å². The van der Waals surface area contributed by atoms with E-state index in [9.17, 15) is 4.79 Å². The maximum absolute atomic E-state index is 10.2. The van der Waals surface area contributed by atoms with Crippen molar-refractivity contribution in [3.05, 3.63) is 16.5 Å². The first-order valence-corrected chi connectivity index (χ1v) is 2.78. The van der Waals surface area contributed by atoms with Crippen LogP contribution in [0.25, 0.3) is 0 Å². The molecule has 0 N–H and O–H groups in total. The van der Waals surface area contributed by atoms with E-state index in [1.165, 1.54) is 0 Å². The van der Waals surface area contributed by atoms with Crippen molar-refractivity contribution < 1.29 is 8.94 Å². The van der Waals surface area contributed by atoms with Gasteiger partial charge in [0.15, 0.2) is 0 Å². The molecular weight excluding hydrogens is 122 g/mol. The van der Waals surface area contributed by atoms with Crippen molar-refractivity contribution in [1.29, 1.82) is 0 Å². The minimum Gasteiger partial charge on any atom is -0.375 e. The first-order chi connectivity index (χ1) is 4.33. The SMILES string of the molecule is CCCc1noc(=O)o1. The average Bonchev–Trinajstić information content (AvgIpc) is 2.17. The predicted molar refractivity (Wildman–Crippen MR) is 29.0 cm³/mol. The van der Waals surface area contributed by atoms with E-state index in [4.69, 9.17) is 0 Å². The number of nitrogens with zero attached hydrogens (tertiary/aromatic N) is 1. The van der Waals surface area contributed by atoms with E-state index >= 15 is 0 Å². The molecule has 1 aromatic rings. The molecule has 50 valence electrons. The fraction of sp³-hybridized carbons (Fsp3) is 0.600. The lowest BCUT2D eigenvalue weighted by Crippen LogP contribution is -1.86. The van der Waals surface area contributed by atoms with Crippen LogP contribution in [0, 0.1) is 0 Å². The standard InChI is InChI=1S/C5H7NO3/c1-2-3-4-6-9-5(7)8-4/h2-3H2,1H3. The molecule has 1 aromatic heterocycles. The Labute approximate surface area is 51.5 Å². The monoisotopic (exact) mass is 129 g/mol. The molecule has 0 aliphatic carbocycles. The van der Waals surface area contributed by atoms with Crippen LogP contribution < -0.4 is 5.82 Å². The minimum absolute atomic E-state index is 0.377. The molecule has 0 aliphatic heterocycles. The summed E-state index contributed by atoms with van der Waals surface area (Å²) in [5.74, 6) is -0.346.